The molecule has 1 aromatic rings. The first-order chi connectivity index (χ1) is 5.38. The number of hydrogen-bond acceptors (Lipinski definition) is 2. The van der Waals surface area contributed by atoms with Crippen molar-refractivity contribution in [3.8, 4) is 0 Å². The summed E-state index contributed by atoms with van der Waals surface area (Å²) in [5.74, 6) is 0.723. The normalized spacial score (nSPS) is 12.9. The van der Waals surface area contributed by atoms with E-state index >= 15 is 0 Å². The lowest BCUT2D eigenvalue weighted by Gasteiger charge is -2.11. The Labute approximate surface area is 72.8 Å². The van der Waals surface area contributed by atoms with Crippen molar-refractivity contribution in [2.45, 2.75) is 6.10 Å². The Morgan fingerprint density at radius 2 is 2.00 bits per heavy atom. The maximum atomic E-state index is 5.21. The van der Waals surface area contributed by atoms with Crippen LogP contribution in [0.25, 0.3) is 0 Å². The molecule has 0 amide bonds. The third kappa shape index (κ3) is 2.24. The van der Waals surface area contributed by atoms with Gasteiger partial charge in [-0.25, -0.2) is 0 Å². The van der Waals surface area contributed by atoms with E-state index in [4.69, 9.17) is 4.74 Å². The summed E-state index contributed by atoms with van der Waals surface area (Å²) in [6, 6.07) is 10.1. The zero-order valence-electron chi connectivity index (χ0n) is 6.53. The zero-order chi connectivity index (χ0) is 8.10. The van der Waals surface area contributed by atoms with Gasteiger partial charge in [-0.05, 0) is 5.56 Å². The van der Waals surface area contributed by atoms with Crippen LogP contribution in [-0.4, -0.2) is 12.9 Å². The molecule has 0 aliphatic rings. The summed E-state index contributed by atoms with van der Waals surface area (Å²) in [7, 11) is 1.70. The summed E-state index contributed by atoms with van der Waals surface area (Å²) in [5, 5.41) is 0. The molecule has 1 rings (SSSR count). The van der Waals surface area contributed by atoms with Crippen LogP contribution in [0.3, 0.4) is 0 Å². The lowest BCUT2D eigenvalue weighted by Crippen LogP contribution is -2.01. The third-order valence-electron chi connectivity index (χ3n) is 1.62. The van der Waals surface area contributed by atoms with E-state index in [0.29, 0.717) is 0 Å². The fourth-order valence-corrected chi connectivity index (χ4v) is 1.34. The molecule has 0 aliphatic heterocycles. The van der Waals surface area contributed by atoms with Gasteiger partial charge in [-0.2, -0.15) is 12.6 Å². The molecule has 0 N–H and O–H groups in total. The summed E-state index contributed by atoms with van der Waals surface area (Å²) < 4.78 is 5.21. The minimum atomic E-state index is 0.125. The summed E-state index contributed by atoms with van der Waals surface area (Å²) >= 11 is 4.18. The molecule has 0 fully saturated rings. The maximum Gasteiger partial charge on any atom is 0.0908 e. The van der Waals surface area contributed by atoms with Gasteiger partial charge < -0.3 is 4.74 Å². The Morgan fingerprint density at radius 1 is 1.36 bits per heavy atom. The predicted octanol–water partition coefficient (Wildman–Crippen LogP) is 2.30. The summed E-state index contributed by atoms with van der Waals surface area (Å²) in [6.07, 6.45) is 0.125. The number of ether oxygens (including phenoxy) is 1. The fraction of sp³-hybridized carbons (Fsp3) is 0.333. The van der Waals surface area contributed by atoms with Gasteiger partial charge in [0.1, 0.15) is 0 Å². The average Bonchev–Trinajstić information content (AvgIpc) is 2.09. The molecule has 0 saturated carbocycles. The smallest absolute Gasteiger partial charge is 0.0908 e. The van der Waals surface area contributed by atoms with Crippen molar-refractivity contribution in [2.24, 2.45) is 0 Å². The van der Waals surface area contributed by atoms with E-state index in [-0.39, 0.29) is 6.10 Å². The molecule has 0 bridgehead atoms. The molecule has 1 nitrogen and oxygen atoms in total. The Balaban J connectivity index is 2.74. The van der Waals surface area contributed by atoms with Gasteiger partial charge in [-0.15, -0.1) is 0 Å². The van der Waals surface area contributed by atoms with E-state index in [0.717, 1.165) is 5.75 Å². The number of hydrogen-bond donors (Lipinski definition) is 1. The minimum absolute atomic E-state index is 0.125. The molecule has 0 spiro atoms. The van der Waals surface area contributed by atoms with Crippen molar-refractivity contribution < 1.29 is 4.74 Å². The molecule has 0 aliphatic carbocycles. The number of methoxy groups -OCH3 is 1. The van der Waals surface area contributed by atoms with E-state index in [2.05, 4.69) is 12.6 Å². The van der Waals surface area contributed by atoms with Gasteiger partial charge in [0.15, 0.2) is 0 Å². The van der Waals surface area contributed by atoms with Crippen molar-refractivity contribution in [3.05, 3.63) is 35.9 Å². The van der Waals surface area contributed by atoms with Crippen LogP contribution in [0.15, 0.2) is 30.3 Å². The van der Waals surface area contributed by atoms with Crippen LogP contribution in [0.5, 0.6) is 0 Å². The second kappa shape index (κ2) is 4.42. The fourth-order valence-electron chi connectivity index (χ4n) is 0.984. The zero-order valence-corrected chi connectivity index (χ0v) is 7.42. The van der Waals surface area contributed by atoms with Crippen molar-refractivity contribution in [2.75, 3.05) is 12.9 Å². The molecule has 0 saturated heterocycles. The monoisotopic (exact) mass is 168 g/mol. The standard InChI is InChI=1S/C9H12OS/c1-10-9(7-11)8-5-3-2-4-6-8/h2-6,9,11H,7H2,1H3/t9-/m1/s1. The Bertz CT molecular complexity index is 194. The van der Waals surface area contributed by atoms with Crippen LogP contribution in [0.1, 0.15) is 11.7 Å². The second-order valence-corrected chi connectivity index (χ2v) is 2.68. The summed E-state index contributed by atoms with van der Waals surface area (Å²) in [6.45, 7) is 0. The van der Waals surface area contributed by atoms with E-state index in [9.17, 15) is 0 Å². The summed E-state index contributed by atoms with van der Waals surface area (Å²) in [4.78, 5) is 0. The molecule has 0 aromatic heterocycles. The van der Waals surface area contributed by atoms with Crippen molar-refractivity contribution in [1.82, 2.24) is 0 Å². The lowest BCUT2D eigenvalue weighted by molar-refractivity contribution is 0.124. The van der Waals surface area contributed by atoms with Crippen molar-refractivity contribution in [3.63, 3.8) is 0 Å². The molecule has 0 heterocycles. The van der Waals surface area contributed by atoms with Crippen LogP contribution < -0.4 is 0 Å². The van der Waals surface area contributed by atoms with Gasteiger partial charge in [-0.1, -0.05) is 30.3 Å². The molecule has 11 heavy (non-hydrogen) atoms. The first-order valence-electron chi connectivity index (χ1n) is 3.57. The van der Waals surface area contributed by atoms with E-state index < -0.39 is 0 Å². The minimum Gasteiger partial charge on any atom is -0.376 e. The van der Waals surface area contributed by atoms with E-state index in [1.165, 1.54) is 5.56 Å². The molecule has 2 heteroatoms. The first-order valence-corrected chi connectivity index (χ1v) is 4.20. The number of thiol groups is 1. The topological polar surface area (TPSA) is 9.23 Å². The lowest BCUT2D eigenvalue weighted by atomic mass is 10.1. The van der Waals surface area contributed by atoms with Crippen molar-refractivity contribution >= 4 is 12.6 Å². The van der Waals surface area contributed by atoms with Gasteiger partial charge in [0, 0.05) is 12.9 Å². The highest BCUT2D eigenvalue weighted by atomic mass is 32.1. The van der Waals surface area contributed by atoms with Crippen LogP contribution in [0.2, 0.25) is 0 Å². The Hall–Kier alpha value is -0.470. The van der Waals surface area contributed by atoms with Gasteiger partial charge in [0.2, 0.25) is 0 Å². The molecule has 60 valence electrons. The van der Waals surface area contributed by atoms with E-state index in [1.54, 1.807) is 7.11 Å². The Morgan fingerprint density at radius 3 is 2.45 bits per heavy atom. The van der Waals surface area contributed by atoms with Crippen molar-refractivity contribution in [1.29, 1.82) is 0 Å². The molecule has 0 unspecified atom stereocenters. The third-order valence-corrected chi connectivity index (χ3v) is 1.95. The quantitative estimate of drug-likeness (QED) is 0.681. The number of rotatable bonds is 3. The SMILES string of the molecule is CO[C@H](CS)c1ccccc1. The Kier molecular flexibility index (Phi) is 3.46. The maximum absolute atomic E-state index is 5.21. The molecule has 0 radical (unpaired) electrons. The largest absolute Gasteiger partial charge is 0.376 e. The van der Waals surface area contributed by atoms with Crippen LogP contribution >= 0.6 is 12.6 Å². The van der Waals surface area contributed by atoms with E-state index in [1.807, 2.05) is 30.3 Å². The predicted molar refractivity (Wildman–Crippen MR) is 50.0 cm³/mol. The average molecular weight is 168 g/mol. The first kappa shape index (κ1) is 8.62. The summed E-state index contributed by atoms with van der Waals surface area (Å²) in [5.41, 5.74) is 1.19. The molecule has 1 atom stereocenters. The van der Waals surface area contributed by atoms with Gasteiger partial charge >= 0.3 is 0 Å². The molecular formula is C9H12OS. The van der Waals surface area contributed by atoms with Gasteiger partial charge in [0.05, 0.1) is 6.10 Å². The van der Waals surface area contributed by atoms with Crippen LogP contribution in [0.4, 0.5) is 0 Å². The highest BCUT2D eigenvalue weighted by Crippen LogP contribution is 2.16. The molecule has 1 aromatic carbocycles. The van der Waals surface area contributed by atoms with Gasteiger partial charge in [0.25, 0.3) is 0 Å². The molecular weight excluding hydrogens is 156 g/mol. The highest BCUT2D eigenvalue weighted by Gasteiger charge is 2.05. The van der Waals surface area contributed by atoms with Gasteiger partial charge in [-0.3, -0.25) is 0 Å². The second-order valence-electron chi connectivity index (χ2n) is 2.32. The highest BCUT2D eigenvalue weighted by molar-refractivity contribution is 7.80. The van der Waals surface area contributed by atoms with Crippen LogP contribution in [-0.2, 0) is 4.74 Å². The van der Waals surface area contributed by atoms with Crippen LogP contribution in [0, 0.1) is 0 Å². The number of benzene rings is 1.